The van der Waals surface area contributed by atoms with Crippen molar-refractivity contribution in [2.45, 2.75) is 31.5 Å². The number of benzene rings is 2. The molecule has 1 aromatic heterocycles. The van der Waals surface area contributed by atoms with Gasteiger partial charge in [-0.05, 0) is 36.1 Å². The number of nitrogens with zero attached hydrogens (tertiary/aromatic N) is 2. The molecule has 1 heterocycles. The summed E-state index contributed by atoms with van der Waals surface area (Å²) in [7, 11) is 0. The van der Waals surface area contributed by atoms with E-state index >= 15 is 0 Å². The van der Waals surface area contributed by atoms with Gasteiger partial charge in [-0.1, -0.05) is 24.3 Å². The average Bonchev–Trinajstić information content (AvgIpc) is 3.01. The predicted octanol–water partition coefficient (Wildman–Crippen LogP) is 2.94. The van der Waals surface area contributed by atoms with Crippen molar-refractivity contribution in [2.24, 2.45) is 5.73 Å². The van der Waals surface area contributed by atoms with Gasteiger partial charge in [0.1, 0.15) is 11.9 Å². The average molecular weight is 323 g/mol. The van der Waals surface area contributed by atoms with Crippen molar-refractivity contribution >= 4 is 10.9 Å². The molecule has 5 nitrogen and oxygen atoms in total. The molecule has 124 valence electrons. The van der Waals surface area contributed by atoms with E-state index in [2.05, 4.69) is 17.2 Å². The van der Waals surface area contributed by atoms with E-state index in [9.17, 15) is 0 Å². The first-order chi connectivity index (χ1) is 11.8. The van der Waals surface area contributed by atoms with Gasteiger partial charge in [0.15, 0.2) is 0 Å². The molecule has 3 aromatic rings. The molecule has 4 rings (SSSR count). The van der Waals surface area contributed by atoms with Gasteiger partial charge in [-0.3, -0.25) is 4.68 Å². The van der Waals surface area contributed by atoms with Crippen LogP contribution in [0.1, 0.15) is 36.1 Å². The summed E-state index contributed by atoms with van der Waals surface area (Å²) in [5.41, 5.74) is 9.56. The molecule has 0 radical (unpaired) electrons. The number of aliphatic hydroxyl groups is 1. The second kappa shape index (κ2) is 6.26. The van der Waals surface area contributed by atoms with Crippen LogP contribution in [0.25, 0.3) is 10.9 Å². The Balaban J connectivity index is 1.65. The zero-order chi connectivity index (χ0) is 16.5. The van der Waals surface area contributed by atoms with Gasteiger partial charge in [0, 0.05) is 17.5 Å². The first-order valence-electron chi connectivity index (χ1n) is 8.34. The zero-order valence-electron chi connectivity index (χ0n) is 13.4. The molecule has 2 aromatic carbocycles. The number of rotatable bonds is 4. The van der Waals surface area contributed by atoms with E-state index < -0.39 is 0 Å². The zero-order valence-corrected chi connectivity index (χ0v) is 13.4. The Morgan fingerprint density at radius 1 is 1.17 bits per heavy atom. The van der Waals surface area contributed by atoms with Crippen LogP contribution in [0, 0.1) is 0 Å². The minimum atomic E-state index is 0.0210. The predicted molar refractivity (Wildman–Crippen MR) is 92.8 cm³/mol. The minimum Gasteiger partial charge on any atom is -0.486 e. The summed E-state index contributed by atoms with van der Waals surface area (Å²) >= 11 is 0. The lowest BCUT2D eigenvalue weighted by molar-refractivity contribution is 0.177. The van der Waals surface area contributed by atoms with Crippen molar-refractivity contribution in [1.29, 1.82) is 0 Å². The molecule has 0 saturated carbocycles. The van der Waals surface area contributed by atoms with Crippen LogP contribution in [-0.2, 0) is 6.54 Å². The number of hydrogen-bond donors (Lipinski definition) is 2. The first kappa shape index (κ1) is 15.2. The highest BCUT2D eigenvalue weighted by Gasteiger charge is 2.26. The van der Waals surface area contributed by atoms with E-state index in [1.165, 1.54) is 11.1 Å². The lowest BCUT2D eigenvalue weighted by Crippen LogP contribution is -2.23. The Morgan fingerprint density at radius 2 is 2.00 bits per heavy atom. The van der Waals surface area contributed by atoms with Crippen LogP contribution in [0.4, 0.5) is 0 Å². The van der Waals surface area contributed by atoms with E-state index in [4.69, 9.17) is 15.6 Å². The van der Waals surface area contributed by atoms with Crippen molar-refractivity contribution < 1.29 is 9.84 Å². The standard InChI is InChI=1S/C19H21N3O2/c20-17-7-8-19(16-4-2-1-3-15(16)17)24-14-6-5-13-12-21-22(9-10-23)18(13)11-14/h1-6,11-12,17,19,23H,7-10,20H2/t17-,19?/m0/s1. The first-order valence-corrected chi connectivity index (χ1v) is 8.34. The second-order valence-electron chi connectivity index (χ2n) is 6.23. The second-order valence-corrected chi connectivity index (χ2v) is 6.23. The molecule has 0 spiro atoms. The van der Waals surface area contributed by atoms with Gasteiger partial charge >= 0.3 is 0 Å². The van der Waals surface area contributed by atoms with Crippen molar-refractivity contribution in [2.75, 3.05) is 6.61 Å². The highest BCUT2D eigenvalue weighted by Crippen LogP contribution is 2.38. The summed E-state index contributed by atoms with van der Waals surface area (Å²) in [5, 5.41) is 14.5. The maximum Gasteiger partial charge on any atom is 0.124 e. The van der Waals surface area contributed by atoms with Gasteiger partial charge in [-0.15, -0.1) is 0 Å². The van der Waals surface area contributed by atoms with Crippen molar-refractivity contribution in [1.82, 2.24) is 9.78 Å². The van der Waals surface area contributed by atoms with Crippen LogP contribution >= 0.6 is 0 Å². The molecule has 0 amide bonds. The Kier molecular flexibility index (Phi) is 3.96. The molecular formula is C19H21N3O2. The van der Waals surface area contributed by atoms with Gasteiger partial charge in [0.2, 0.25) is 0 Å². The van der Waals surface area contributed by atoms with Gasteiger partial charge in [0.05, 0.1) is 24.9 Å². The Bertz CT molecular complexity index is 859. The highest BCUT2D eigenvalue weighted by atomic mass is 16.5. The molecule has 1 aliphatic rings. The number of hydrogen-bond acceptors (Lipinski definition) is 4. The van der Waals surface area contributed by atoms with Gasteiger partial charge in [-0.2, -0.15) is 5.10 Å². The van der Waals surface area contributed by atoms with Crippen molar-refractivity contribution in [3.8, 4) is 5.75 Å². The van der Waals surface area contributed by atoms with Crippen LogP contribution in [0.15, 0.2) is 48.7 Å². The van der Waals surface area contributed by atoms with Crippen molar-refractivity contribution in [3.63, 3.8) is 0 Å². The lowest BCUT2D eigenvalue weighted by atomic mass is 9.86. The van der Waals surface area contributed by atoms with Crippen LogP contribution in [0.2, 0.25) is 0 Å². The van der Waals surface area contributed by atoms with Crippen LogP contribution in [0.3, 0.4) is 0 Å². The fourth-order valence-corrected chi connectivity index (χ4v) is 3.47. The quantitative estimate of drug-likeness (QED) is 0.774. The Labute approximate surface area is 140 Å². The summed E-state index contributed by atoms with van der Waals surface area (Å²) in [6.07, 6.45) is 3.66. The summed E-state index contributed by atoms with van der Waals surface area (Å²) in [5.74, 6) is 0.817. The Hall–Kier alpha value is -2.37. The summed E-state index contributed by atoms with van der Waals surface area (Å²) in [4.78, 5) is 0. The Morgan fingerprint density at radius 3 is 2.83 bits per heavy atom. The van der Waals surface area contributed by atoms with Crippen molar-refractivity contribution in [3.05, 3.63) is 59.8 Å². The largest absolute Gasteiger partial charge is 0.486 e. The molecule has 5 heteroatoms. The molecule has 1 unspecified atom stereocenters. The van der Waals surface area contributed by atoms with E-state index in [-0.39, 0.29) is 18.8 Å². The number of fused-ring (bicyclic) bond motifs is 2. The van der Waals surface area contributed by atoms with Gasteiger partial charge < -0.3 is 15.6 Å². The summed E-state index contributed by atoms with van der Waals surface area (Å²) < 4.78 is 8.08. The maximum absolute atomic E-state index is 9.16. The molecule has 1 aliphatic carbocycles. The molecule has 0 fully saturated rings. The molecule has 24 heavy (non-hydrogen) atoms. The SMILES string of the molecule is N[C@H]1CCC(Oc2ccc3cnn(CCO)c3c2)c2ccccc21. The molecule has 0 bridgehead atoms. The topological polar surface area (TPSA) is 73.3 Å². The monoisotopic (exact) mass is 323 g/mol. The van der Waals surface area contributed by atoms with E-state index in [1.807, 2.05) is 36.5 Å². The molecular weight excluding hydrogens is 302 g/mol. The summed E-state index contributed by atoms with van der Waals surface area (Å²) in [6, 6.07) is 14.3. The lowest BCUT2D eigenvalue weighted by Gasteiger charge is -2.30. The van der Waals surface area contributed by atoms with Crippen LogP contribution in [-0.4, -0.2) is 21.5 Å². The van der Waals surface area contributed by atoms with Crippen LogP contribution < -0.4 is 10.5 Å². The number of nitrogens with two attached hydrogens (primary N) is 1. The van der Waals surface area contributed by atoms with Gasteiger partial charge in [-0.25, -0.2) is 0 Å². The third-order valence-electron chi connectivity index (χ3n) is 4.69. The maximum atomic E-state index is 9.16. The minimum absolute atomic E-state index is 0.0210. The van der Waals surface area contributed by atoms with Crippen LogP contribution in [0.5, 0.6) is 5.75 Å². The molecule has 0 saturated heterocycles. The number of aromatic nitrogens is 2. The fourth-order valence-electron chi connectivity index (χ4n) is 3.47. The third kappa shape index (κ3) is 2.66. The number of aliphatic hydroxyl groups excluding tert-OH is 1. The highest BCUT2D eigenvalue weighted by molar-refractivity contribution is 5.80. The van der Waals surface area contributed by atoms with Gasteiger partial charge in [0.25, 0.3) is 0 Å². The molecule has 0 aliphatic heterocycles. The number of ether oxygens (including phenoxy) is 1. The van der Waals surface area contributed by atoms with E-state index in [1.54, 1.807) is 4.68 Å². The molecule has 2 atom stereocenters. The summed E-state index contributed by atoms with van der Waals surface area (Å²) in [6.45, 7) is 0.545. The normalized spacial score (nSPS) is 20.1. The fraction of sp³-hybridized carbons (Fsp3) is 0.316. The smallest absolute Gasteiger partial charge is 0.124 e. The third-order valence-corrected chi connectivity index (χ3v) is 4.69. The van der Waals surface area contributed by atoms with E-state index in [0.29, 0.717) is 6.54 Å². The molecule has 3 N–H and O–H groups in total. The van der Waals surface area contributed by atoms with E-state index in [0.717, 1.165) is 29.5 Å².